The summed E-state index contributed by atoms with van der Waals surface area (Å²) in [5, 5.41) is 0. The number of methoxy groups -OCH3 is 2. The zero-order valence-corrected chi connectivity index (χ0v) is 7.36. The predicted molar refractivity (Wildman–Crippen MR) is 38.2 cm³/mol. The summed E-state index contributed by atoms with van der Waals surface area (Å²) in [5.41, 5.74) is -2.68. The Morgan fingerprint density at radius 1 is 1.00 bits per heavy atom. The van der Waals surface area contributed by atoms with Gasteiger partial charge < -0.3 is 9.47 Å². The third kappa shape index (κ3) is 2.64. The van der Waals surface area contributed by atoms with Crippen LogP contribution in [0.3, 0.4) is 0 Å². The van der Waals surface area contributed by atoms with Gasteiger partial charge >= 0.3 is 5.92 Å². The molecular weight excluding hydrogens is 173 g/mol. The van der Waals surface area contributed by atoms with Crippen LogP contribution in [0.2, 0.25) is 0 Å². The molecule has 5 heteroatoms. The van der Waals surface area contributed by atoms with Crippen molar-refractivity contribution in [2.45, 2.75) is 18.5 Å². The summed E-state index contributed by atoms with van der Waals surface area (Å²) in [6, 6.07) is 0. The van der Waals surface area contributed by atoms with Crippen molar-refractivity contribution in [2.24, 2.45) is 0 Å². The topological polar surface area (TPSA) is 18.5 Å². The first-order valence-electron chi connectivity index (χ1n) is 3.42. The smallest absolute Gasteiger partial charge is 0.306 e. The lowest BCUT2D eigenvalue weighted by molar-refractivity contribution is -0.179. The van der Waals surface area contributed by atoms with Crippen LogP contribution in [-0.4, -0.2) is 39.0 Å². The minimum absolute atomic E-state index is 0.649. The van der Waals surface area contributed by atoms with Crippen molar-refractivity contribution in [1.29, 1.82) is 0 Å². The quantitative estimate of drug-likeness (QED) is 0.649. The second-order valence-electron chi connectivity index (χ2n) is 2.77. The van der Waals surface area contributed by atoms with Crippen molar-refractivity contribution in [3.05, 3.63) is 0 Å². The van der Waals surface area contributed by atoms with E-state index in [1.165, 1.54) is 7.11 Å². The molecule has 0 heterocycles. The van der Waals surface area contributed by atoms with Gasteiger partial charge in [0.2, 0.25) is 0 Å². The molecule has 0 bridgehead atoms. The molecular formula is C7H13F3O2. The first kappa shape index (κ1) is 11.7. The lowest BCUT2D eigenvalue weighted by atomic mass is 10.0. The third-order valence-corrected chi connectivity index (χ3v) is 1.50. The molecule has 0 N–H and O–H groups in total. The highest BCUT2D eigenvalue weighted by molar-refractivity contribution is 4.89. The van der Waals surface area contributed by atoms with Crippen LogP contribution in [0, 0.1) is 0 Å². The Labute approximate surface area is 69.7 Å². The summed E-state index contributed by atoms with van der Waals surface area (Å²) in [5.74, 6) is -3.52. The molecule has 0 radical (unpaired) electrons. The van der Waals surface area contributed by atoms with E-state index in [1.807, 2.05) is 0 Å². The molecule has 0 saturated carbocycles. The molecule has 0 amide bonds. The highest BCUT2D eigenvalue weighted by atomic mass is 19.3. The van der Waals surface area contributed by atoms with E-state index in [2.05, 4.69) is 9.47 Å². The Bertz CT molecular complexity index is 121. The second-order valence-corrected chi connectivity index (χ2v) is 2.77. The molecule has 0 aromatic rings. The van der Waals surface area contributed by atoms with Gasteiger partial charge in [0.15, 0.2) is 5.67 Å². The maximum absolute atomic E-state index is 13.1. The maximum Gasteiger partial charge on any atom is 0.306 e. The molecule has 74 valence electrons. The van der Waals surface area contributed by atoms with Gasteiger partial charge in [-0.1, -0.05) is 0 Å². The van der Waals surface area contributed by atoms with Crippen molar-refractivity contribution < 1.29 is 22.6 Å². The molecule has 0 aliphatic rings. The number of rotatable bonds is 5. The first-order chi connectivity index (χ1) is 5.37. The molecule has 0 aliphatic carbocycles. The van der Waals surface area contributed by atoms with Crippen LogP contribution in [0.4, 0.5) is 13.2 Å². The fourth-order valence-corrected chi connectivity index (χ4v) is 0.708. The van der Waals surface area contributed by atoms with Crippen molar-refractivity contribution in [2.75, 3.05) is 27.4 Å². The van der Waals surface area contributed by atoms with Crippen molar-refractivity contribution in [3.63, 3.8) is 0 Å². The number of hydrogen-bond donors (Lipinski definition) is 0. The fraction of sp³-hybridized carbons (Fsp3) is 1.00. The van der Waals surface area contributed by atoms with Crippen LogP contribution in [-0.2, 0) is 9.47 Å². The van der Waals surface area contributed by atoms with Crippen molar-refractivity contribution in [1.82, 2.24) is 0 Å². The molecule has 2 nitrogen and oxygen atoms in total. The molecule has 1 unspecified atom stereocenters. The monoisotopic (exact) mass is 186 g/mol. The van der Waals surface area contributed by atoms with Gasteiger partial charge in [-0.05, 0) is 6.92 Å². The summed E-state index contributed by atoms with van der Waals surface area (Å²) in [4.78, 5) is 0. The third-order valence-electron chi connectivity index (χ3n) is 1.50. The molecule has 0 aromatic carbocycles. The van der Waals surface area contributed by atoms with E-state index in [4.69, 9.17) is 0 Å². The molecule has 0 rings (SSSR count). The van der Waals surface area contributed by atoms with E-state index in [9.17, 15) is 13.2 Å². The van der Waals surface area contributed by atoms with E-state index in [0.29, 0.717) is 0 Å². The zero-order valence-electron chi connectivity index (χ0n) is 7.36. The summed E-state index contributed by atoms with van der Waals surface area (Å²) < 4.78 is 47.2. The maximum atomic E-state index is 13.1. The minimum atomic E-state index is -3.52. The van der Waals surface area contributed by atoms with Gasteiger partial charge in [-0.3, -0.25) is 0 Å². The number of ether oxygens (including phenoxy) is 2. The van der Waals surface area contributed by atoms with Crippen molar-refractivity contribution in [3.8, 4) is 0 Å². The average molecular weight is 186 g/mol. The lowest BCUT2D eigenvalue weighted by Crippen LogP contribution is -2.48. The minimum Gasteiger partial charge on any atom is -0.381 e. The van der Waals surface area contributed by atoms with Gasteiger partial charge in [0.05, 0.1) is 6.61 Å². The lowest BCUT2D eigenvalue weighted by Gasteiger charge is -2.28. The number of hydrogen-bond acceptors (Lipinski definition) is 2. The molecule has 0 aliphatic heterocycles. The Kier molecular flexibility index (Phi) is 3.99. The molecule has 0 fully saturated rings. The molecule has 0 spiro atoms. The van der Waals surface area contributed by atoms with Crippen molar-refractivity contribution >= 4 is 0 Å². The van der Waals surface area contributed by atoms with Crippen LogP contribution < -0.4 is 0 Å². The molecule has 1 atom stereocenters. The van der Waals surface area contributed by atoms with Gasteiger partial charge in [0, 0.05) is 14.2 Å². The fourth-order valence-electron chi connectivity index (χ4n) is 0.708. The second kappa shape index (κ2) is 4.09. The normalized spacial score (nSPS) is 17.5. The van der Waals surface area contributed by atoms with Gasteiger partial charge in [0.25, 0.3) is 0 Å². The average Bonchev–Trinajstić information content (AvgIpc) is 1.86. The van der Waals surface area contributed by atoms with Gasteiger partial charge in [-0.25, -0.2) is 13.2 Å². The molecule has 0 saturated heterocycles. The SMILES string of the molecule is COCC(C)(F)C(F)(F)COC. The predicted octanol–water partition coefficient (Wildman–Crippen LogP) is 1.64. The summed E-state index contributed by atoms with van der Waals surface area (Å²) in [6.07, 6.45) is 0. The van der Waals surface area contributed by atoms with Gasteiger partial charge in [-0.15, -0.1) is 0 Å². The van der Waals surface area contributed by atoms with Crippen LogP contribution in [0.1, 0.15) is 6.92 Å². The molecule has 0 aromatic heterocycles. The Balaban J connectivity index is 4.28. The van der Waals surface area contributed by atoms with E-state index in [1.54, 1.807) is 0 Å². The first-order valence-corrected chi connectivity index (χ1v) is 3.42. The van der Waals surface area contributed by atoms with Crippen LogP contribution in [0.25, 0.3) is 0 Å². The van der Waals surface area contributed by atoms with Crippen LogP contribution >= 0.6 is 0 Å². The Morgan fingerprint density at radius 2 is 1.42 bits per heavy atom. The highest BCUT2D eigenvalue weighted by Gasteiger charge is 2.51. The van der Waals surface area contributed by atoms with Crippen LogP contribution in [0.5, 0.6) is 0 Å². The van der Waals surface area contributed by atoms with E-state index in [-0.39, 0.29) is 0 Å². The summed E-state index contributed by atoms with van der Waals surface area (Å²) >= 11 is 0. The number of halogens is 3. The summed E-state index contributed by atoms with van der Waals surface area (Å²) in [7, 11) is 2.26. The highest BCUT2D eigenvalue weighted by Crippen LogP contribution is 2.32. The number of alkyl halides is 3. The van der Waals surface area contributed by atoms with Crippen LogP contribution in [0.15, 0.2) is 0 Å². The van der Waals surface area contributed by atoms with E-state index < -0.39 is 24.8 Å². The zero-order chi connectivity index (χ0) is 9.83. The van der Waals surface area contributed by atoms with Gasteiger partial charge in [-0.2, -0.15) is 0 Å². The Morgan fingerprint density at radius 3 is 1.75 bits per heavy atom. The standard InChI is InChI=1S/C7H13F3O2/c1-6(8,4-11-2)7(9,10)5-12-3/h4-5H2,1-3H3. The van der Waals surface area contributed by atoms with E-state index in [0.717, 1.165) is 14.0 Å². The van der Waals surface area contributed by atoms with E-state index >= 15 is 0 Å². The Hall–Kier alpha value is -0.290. The molecule has 12 heavy (non-hydrogen) atoms. The largest absolute Gasteiger partial charge is 0.381 e. The summed E-state index contributed by atoms with van der Waals surface area (Å²) in [6.45, 7) is -0.803. The van der Waals surface area contributed by atoms with Gasteiger partial charge in [0.1, 0.15) is 6.61 Å².